The second-order valence-electron chi connectivity index (χ2n) is 7.99. The topological polar surface area (TPSA) is 67.3 Å². The van der Waals surface area contributed by atoms with E-state index in [1.807, 2.05) is 48.5 Å². The summed E-state index contributed by atoms with van der Waals surface area (Å²) >= 11 is 4.96. The van der Waals surface area contributed by atoms with Crippen LogP contribution in [-0.4, -0.2) is 24.6 Å². The predicted molar refractivity (Wildman–Crippen MR) is 137 cm³/mol. The Bertz CT molecular complexity index is 1380. The molecule has 4 rings (SSSR count). The summed E-state index contributed by atoms with van der Waals surface area (Å²) < 4.78 is 26.7. The molecule has 3 aromatic carbocycles. The third kappa shape index (κ3) is 5.34. The summed E-state index contributed by atoms with van der Waals surface area (Å²) in [5.74, 6) is -0.101. The molecule has 0 saturated carbocycles. The summed E-state index contributed by atoms with van der Waals surface area (Å²) in [5.41, 5.74) is 2.60. The fourth-order valence-electron chi connectivity index (χ4n) is 3.37. The Morgan fingerprint density at radius 2 is 1.70 bits per heavy atom. The molecule has 170 valence electrons. The Morgan fingerprint density at radius 1 is 1.00 bits per heavy atom. The van der Waals surface area contributed by atoms with Crippen LogP contribution in [0.4, 0.5) is 5.13 Å². The van der Waals surface area contributed by atoms with Gasteiger partial charge in [0.05, 0.1) is 33.3 Å². The van der Waals surface area contributed by atoms with Crippen molar-refractivity contribution in [3.8, 4) is 0 Å². The van der Waals surface area contributed by atoms with Gasteiger partial charge in [-0.1, -0.05) is 69.7 Å². The molecule has 5 nitrogen and oxygen atoms in total. The van der Waals surface area contributed by atoms with Crippen LogP contribution in [0.25, 0.3) is 10.2 Å². The molecule has 0 aliphatic heterocycles. The Hall–Kier alpha value is -2.55. The van der Waals surface area contributed by atoms with Gasteiger partial charge < -0.3 is 0 Å². The fourth-order valence-corrected chi connectivity index (χ4v) is 5.96. The van der Waals surface area contributed by atoms with Gasteiger partial charge in [-0.15, -0.1) is 0 Å². The molecule has 0 fully saturated rings. The minimum Gasteiger partial charge on any atom is -0.283 e. The molecule has 0 unspecified atom stereocenters. The maximum atomic E-state index is 13.4. The fraction of sp³-hybridized carbons (Fsp3) is 0.200. The zero-order valence-electron chi connectivity index (χ0n) is 18.2. The molecule has 1 amide bonds. The van der Waals surface area contributed by atoms with Crippen molar-refractivity contribution in [1.82, 2.24) is 4.98 Å². The smallest absolute Gasteiger partial charge is 0.233 e. The third-order valence-electron chi connectivity index (χ3n) is 5.28. The van der Waals surface area contributed by atoms with Gasteiger partial charge in [-0.2, -0.15) is 0 Å². The molecule has 0 radical (unpaired) electrons. The summed E-state index contributed by atoms with van der Waals surface area (Å²) in [6, 6.07) is 22.2. The summed E-state index contributed by atoms with van der Waals surface area (Å²) in [5, 5.41) is 0.140. The highest BCUT2D eigenvalue weighted by atomic mass is 79.9. The first-order valence-corrected chi connectivity index (χ1v) is 13.6. The summed E-state index contributed by atoms with van der Waals surface area (Å²) in [6.07, 6.45) is 0.147. The highest BCUT2D eigenvalue weighted by Gasteiger charge is 2.22. The molecular weight excluding hydrogens is 520 g/mol. The van der Waals surface area contributed by atoms with Gasteiger partial charge in [0, 0.05) is 4.47 Å². The quantitative estimate of drug-likeness (QED) is 0.286. The second kappa shape index (κ2) is 9.75. The molecule has 1 aromatic heterocycles. The van der Waals surface area contributed by atoms with Crippen molar-refractivity contribution >= 4 is 58.4 Å². The average Bonchev–Trinajstić information content (AvgIpc) is 3.21. The molecule has 0 atom stereocenters. The second-order valence-corrected chi connectivity index (χ2v) is 12.4. The lowest BCUT2D eigenvalue weighted by molar-refractivity contribution is -0.118. The van der Waals surface area contributed by atoms with Gasteiger partial charge in [-0.05, 0) is 55.3 Å². The first-order valence-electron chi connectivity index (χ1n) is 10.5. The van der Waals surface area contributed by atoms with E-state index in [1.54, 1.807) is 43.0 Å². The van der Waals surface area contributed by atoms with E-state index in [0.29, 0.717) is 11.7 Å². The number of halogens is 1. The SMILES string of the molecule is CC(C)S(=O)(=O)c1ccc(CC(=O)N(Cc2ccccc2)c2nc3ccc(Br)cc3s2)cc1. The van der Waals surface area contributed by atoms with Crippen LogP contribution in [0.1, 0.15) is 25.0 Å². The molecule has 0 saturated heterocycles. The summed E-state index contributed by atoms with van der Waals surface area (Å²) in [4.78, 5) is 20.1. The maximum Gasteiger partial charge on any atom is 0.233 e. The number of carbonyl (C=O) groups excluding carboxylic acids is 1. The molecule has 0 bridgehead atoms. The number of hydrogen-bond donors (Lipinski definition) is 0. The highest BCUT2D eigenvalue weighted by molar-refractivity contribution is 9.10. The van der Waals surface area contributed by atoms with Crippen LogP contribution in [0.15, 0.2) is 82.2 Å². The zero-order valence-corrected chi connectivity index (χ0v) is 21.5. The number of carbonyl (C=O) groups is 1. The zero-order chi connectivity index (χ0) is 23.6. The Kier molecular flexibility index (Phi) is 6.97. The van der Waals surface area contributed by atoms with E-state index in [4.69, 9.17) is 4.98 Å². The standard InChI is InChI=1S/C25H23BrN2O3S2/c1-17(2)33(30,31)21-11-8-18(9-12-21)14-24(29)28(16-19-6-4-3-5-7-19)25-27-22-13-10-20(26)15-23(22)32-25/h3-13,15,17H,14,16H2,1-2H3. The summed E-state index contributed by atoms with van der Waals surface area (Å²) in [6.45, 7) is 3.72. The number of fused-ring (bicyclic) bond motifs is 1. The van der Waals surface area contributed by atoms with Crippen molar-refractivity contribution in [2.45, 2.75) is 37.0 Å². The molecule has 0 N–H and O–H groups in total. The molecule has 33 heavy (non-hydrogen) atoms. The first kappa shape index (κ1) is 23.6. The highest BCUT2D eigenvalue weighted by Crippen LogP contribution is 2.32. The number of amides is 1. The van der Waals surface area contributed by atoms with Gasteiger partial charge in [0.25, 0.3) is 0 Å². The van der Waals surface area contributed by atoms with Crippen molar-refractivity contribution in [2.75, 3.05) is 4.90 Å². The van der Waals surface area contributed by atoms with Crippen LogP contribution in [-0.2, 0) is 27.6 Å². The molecule has 0 spiro atoms. The molecular formula is C25H23BrN2O3S2. The van der Waals surface area contributed by atoms with Crippen LogP contribution in [0.2, 0.25) is 0 Å². The average molecular weight is 544 g/mol. The molecule has 8 heteroatoms. The number of hydrogen-bond acceptors (Lipinski definition) is 5. The van der Waals surface area contributed by atoms with Crippen molar-refractivity contribution in [3.05, 3.63) is 88.4 Å². The number of rotatable bonds is 7. The molecule has 1 heterocycles. The third-order valence-corrected chi connectivity index (χ3v) is 8.99. The first-order chi connectivity index (χ1) is 15.7. The van der Waals surface area contributed by atoms with E-state index in [9.17, 15) is 13.2 Å². The van der Waals surface area contributed by atoms with Crippen LogP contribution in [0.3, 0.4) is 0 Å². The van der Waals surface area contributed by atoms with Crippen LogP contribution >= 0.6 is 27.3 Å². The minimum atomic E-state index is -3.35. The molecule has 0 aliphatic carbocycles. The van der Waals surface area contributed by atoms with Gasteiger partial charge in [0.1, 0.15) is 0 Å². The largest absolute Gasteiger partial charge is 0.283 e. The van der Waals surface area contributed by atoms with Crippen LogP contribution < -0.4 is 4.90 Å². The number of thiazole rings is 1. The number of nitrogens with zero attached hydrogens (tertiary/aromatic N) is 2. The van der Waals surface area contributed by atoms with Gasteiger partial charge >= 0.3 is 0 Å². The van der Waals surface area contributed by atoms with E-state index in [1.165, 1.54) is 11.3 Å². The lowest BCUT2D eigenvalue weighted by Gasteiger charge is -2.20. The van der Waals surface area contributed by atoms with Crippen molar-refractivity contribution in [1.29, 1.82) is 0 Å². The van der Waals surface area contributed by atoms with Crippen LogP contribution in [0.5, 0.6) is 0 Å². The van der Waals surface area contributed by atoms with Crippen LogP contribution in [0, 0.1) is 0 Å². The van der Waals surface area contributed by atoms with Gasteiger partial charge in [0.2, 0.25) is 5.91 Å². The van der Waals surface area contributed by atoms with Gasteiger partial charge in [0.15, 0.2) is 15.0 Å². The van der Waals surface area contributed by atoms with Gasteiger partial charge in [-0.25, -0.2) is 13.4 Å². The van der Waals surface area contributed by atoms with E-state index in [0.717, 1.165) is 25.8 Å². The van der Waals surface area contributed by atoms with E-state index in [2.05, 4.69) is 15.9 Å². The lowest BCUT2D eigenvalue weighted by Crippen LogP contribution is -2.31. The van der Waals surface area contributed by atoms with E-state index in [-0.39, 0.29) is 17.2 Å². The Labute approximate surface area is 206 Å². The lowest BCUT2D eigenvalue weighted by atomic mass is 10.1. The number of aromatic nitrogens is 1. The Balaban J connectivity index is 1.63. The van der Waals surface area contributed by atoms with E-state index < -0.39 is 15.1 Å². The minimum absolute atomic E-state index is 0.101. The van der Waals surface area contributed by atoms with Crippen molar-refractivity contribution in [3.63, 3.8) is 0 Å². The molecule has 4 aromatic rings. The Morgan fingerprint density at radius 3 is 2.36 bits per heavy atom. The van der Waals surface area contributed by atoms with E-state index >= 15 is 0 Å². The summed E-state index contributed by atoms with van der Waals surface area (Å²) in [7, 11) is -3.35. The predicted octanol–water partition coefficient (Wildman–Crippen LogP) is 6.02. The molecule has 0 aliphatic rings. The number of sulfone groups is 1. The number of anilines is 1. The monoisotopic (exact) mass is 542 g/mol. The maximum absolute atomic E-state index is 13.4. The van der Waals surface area contributed by atoms with Gasteiger partial charge in [-0.3, -0.25) is 9.69 Å². The van der Waals surface area contributed by atoms with Crippen molar-refractivity contribution in [2.24, 2.45) is 0 Å². The number of benzene rings is 3. The normalized spacial score (nSPS) is 11.8. The van der Waals surface area contributed by atoms with Crippen molar-refractivity contribution < 1.29 is 13.2 Å².